The second kappa shape index (κ2) is 3.94. The molecule has 1 nitrogen and oxygen atoms in total. The highest BCUT2D eigenvalue weighted by atomic mass is 79.9. The van der Waals surface area contributed by atoms with Gasteiger partial charge >= 0.3 is 0 Å². The Morgan fingerprint density at radius 2 is 2.17 bits per heavy atom. The predicted octanol–water partition coefficient (Wildman–Crippen LogP) is 3.22. The minimum atomic E-state index is -2.42. The van der Waals surface area contributed by atoms with Crippen LogP contribution in [0.15, 0.2) is 12.4 Å². The van der Waals surface area contributed by atoms with Crippen molar-refractivity contribution in [3.8, 4) is 0 Å². The minimum Gasteiger partial charge on any atom is -0.264 e. The van der Waals surface area contributed by atoms with Crippen molar-refractivity contribution in [2.45, 2.75) is 18.7 Å². The van der Waals surface area contributed by atoms with Crippen LogP contribution in [0.2, 0.25) is 0 Å². The van der Waals surface area contributed by atoms with Gasteiger partial charge in [0.1, 0.15) is 0 Å². The fourth-order valence-electron chi connectivity index (χ4n) is 1.05. The molecule has 1 rings (SSSR count). The van der Waals surface area contributed by atoms with Crippen LogP contribution in [0.1, 0.15) is 23.1 Å². The number of halogens is 3. The van der Waals surface area contributed by atoms with Crippen LogP contribution in [-0.4, -0.2) is 4.98 Å². The summed E-state index contributed by atoms with van der Waals surface area (Å²) < 4.78 is 24.9. The van der Waals surface area contributed by atoms with Gasteiger partial charge in [-0.05, 0) is 18.1 Å². The summed E-state index contributed by atoms with van der Waals surface area (Å²) in [5.41, 5.74) is 1.20. The molecule has 0 saturated carbocycles. The maximum absolute atomic E-state index is 12.4. The molecule has 0 N–H and O–H groups in total. The maximum Gasteiger partial charge on any atom is 0.264 e. The predicted molar refractivity (Wildman–Crippen MR) is 46.6 cm³/mol. The lowest BCUT2D eigenvalue weighted by molar-refractivity contribution is 0.149. The quantitative estimate of drug-likeness (QED) is 0.718. The van der Waals surface area contributed by atoms with Crippen molar-refractivity contribution in [2.24, 2.45) is 0 Å². The van der Waals surface area contributed by atoms with Crippen LogP contribution in [0.5, 0.6) is 0 Å². The molecule has 0 spiro atoms. The molecular formula is C8H8BrF2N. The number of rotatable bonds is 2. The summed E-state index contributed by atoms with van der Waals surface area (Å²) in [4.78, 5) is 3.83. The zero-order chi connectivity index (χ0) is 9.14. The summed E-state index contributed by atoms with van der Waals surface area (Å²) in [6, 6.07) is 0. The van der Waals surface area contributed by atoms with E-state index in [-0.39, 0.29) is 5.56 Å². The molecule has 12 heavy (non-hydrogen) atoms. The summed E-state index contributed by atoms with van der Waals surface area (Å²) in [7, 11) is 0. The SMILES string of the molecule is Cc1cncc(CBr)c1C(F)F. The number of pyridine rings is 1. The fourth-order valence-corrected chi connectivity index (χ4v) is 1.50. The van der Waals surface area contributed by atoms with Gasteiger partial charge in [-0.3, -0.25) is 4.98 Å². The highest BCUT2D eigenvalue weighted by Crippen LogP contribution is 2.26. The van der Waals surface area contributed by atoms with Crippen LogP contribution >= 0.6 is 15.9 Å². The molecule has 0 aliphatic heterocycles. The largest absolute Gasteiger partial charge is 0.264 e. The third kappa shape index (κ3) is 1.80. The normalized spacial score (nSPS) is 10.8. The monoisotopic (exact) mass is 235 g/mol. The molecule has 0 aromatic carbocycles. The van der Waals surface area contributed by atoms with Crippen LogP contribution < -0.4 is 0 Å². The van der Waals surface area contributed by atoms with E-state index in [0.29, 0.717) is 16.5 Å². The average molecular weight is 236 g/mol. The Balaban J connectivity index is 3.20. The molecule has 0 amide bonds. The summed E-state index contributed by atoms with van der Waals surface area (Å²) >= 11 is 3.14. The first-order valence-electron chi connectivity index (χ1n) is 3.44. The van der Waals surface area contributed by atoms with E-state index in [1.54, 1.807) is 6.92 Å². The maximum atomic E-state index is 12.4. The number of nitrogens with zero attached hydrogens (tertiary/aromatic N) is 1. The Morgan fingerprint density at radius 3 is 2.58 bits per heavy atom. The van der Waals surface area contributed by atoms with E-state index in [4.69, 9.17) is 0 Å². The Bertz CT molecular complexity index is 276. The molecule has 1 aromatic rings. The van der Waals surface area contributed by atoms with Crippen LogP contribution in [0.4, 0.5) is 8.78 Å². The first-order chi connectivity index (χ1) is 5.66. The van der Waals surface area contributed by atoms with Gasteiger partial charge in [0.25, 0.3) is 6.43 Å². The number of aryl methyl sites for hydroxylation is 1. The summed E-state index contributed by atoms with van der Waals surface area (Å²) in [6.07, 6.45) is 0.497. The van der Waals surface area contributed by atoms with Gasteiger partial charge in [0.15, 0.2) is 0 Å². The van der Waals surface area contributed by atoms with E-state index in [1.807, 2.05) is 0 Å². The molecule has 66 valence electrons. The van der Waals surface area contributed by atoms with Crippen molar-refractivity contribution in [1.29, 1.82) is 0 Å². The summed E-state index contributed by atoms with van der Waals surface area (Å²) in [5.74, 6) is 0. The average Bonchev–Trinajstić information content (AvgIpc) is 2.03. The summed E-state index contributed by atoms with van der Waals surface area (Å²) in [6.45, 7) is 1.64. The van der Waals surface area contributed by atoms with E-state index in [9.17, 15) is 8.78 Å². The zero-order valence-corrected chi connectivity index (χ0v) is 8.11. The van der Waals surface area contributed by atoms with Gasteiger partial charge in [-0.25, -0.2) is 8.78 Å². The number of hydrogen-bond acceptors (Lipinski definition) is 1. The molecule has 0 fully saturated rings. The van der Waals surface area contributed by atoms with Crippen molar-refractivity contribution >= 4 is 15.9 Å². The van der Waals surface area contributed by atoms with Crippen molar-refractivity contribution in [2.75, 3.05) is 0 Å². The van der Waals surface area contributed by atoms with E-state index >= 15 is 0 Å². The molecule has 4 heteroatoms. The van der Waals surface area contributed by atoms with E-state index in [2.05, 4.69) is 20.9 Å². The lowest BCUT2D eigenvalue weighted by atomic mass is 10.1. The second-order valence-electron chi connectivity index (χ2n) is 2.46. The first-order valence-corrected chi connectivity index (χ1v) is 4.56. The Kier molecular flexibility index (Phi) is 3.14. The molecule has 0 aliphatic rings. The fraction of sp³-hybridized carbons (Fsp3) is 0.375. The van der Waals surface area contributed by atoms with Gasteiger partial charge in [0.2, 0.25) is 0 Å². The lowest BCUT2D eigenvalue weighted by Gasteiger charge is -2.07. The van der Waals surface area contributed by atoms with Crippen LogP contribution in [-0.2, 0) is 5.33 Å². The molecule has 0 atom stereocenters. The Hall–Kier alpha value is -0.510. The van der Waals surface area contributed by atoms with Gasteiger partial charge in [0, 0.05) is 23.3 Å². The number of aromatic nitrogens is 1. The van der Waals surface area contributed by atoms with Crippen molar-refractivity contribution in [3.63, 3.8) is 0 Å². The Morgan fingerprint density at radius 1 is 1.50 bits per heavy atom. The topological polar surface area (TPSA) is 12.9 Å². The van der Waals surface area contributed by atoms with Crippen LogP contribution in [0.3, 0.4) is 0 Å². The zero-order valence-electron chi connectivity index (χ0n) is 6.52. The molecule has 0 radical (unpaired) electrons. The van der Waals surface area contributed by atoms with E-state index in [1.165, 1.54) is 12.4 Å². The summed E-state index contributed by atoms with van der Waals surface area (Å²) in [5, 5.41) is 0.418. The van der Waals surface area contributed by atoms with Gasteiger partial charge in [-0.2, -0.15) is 0 Å². The number of alkyl halides is 3. The van der Waals surface area contributed by atoms with E-state index in [0.717, 1.165) is 0 Å². The van der Waals surface area contributed by atoms with Crippen molar-refractivity contribution in [1.82, 2.24) is 4.98 Å². The van der Waals surface area contributed by atoms with Crippen molar-refractivity contribution in [3.05, 3.63) is 29.1 Å². The number of hydrogen-bond donors (Lipinski definition) is 0. The standard InChI is InChI=1S/C8H8BrF2N/c1-5-3-12-4-6(2-9)7(5)8(10)11/h3-4,8H,2H2,1H3. The molecule has 0 bridgehead atoms. The van der Waals surface area contributed by atoms with Gasteiger partial charge in [-0.15, -0.1) is 0 Å². The van der Waals surface area contributed by atoms with Crippen LogP contribution in [0, 0.1) is 6.92 Å². The minimum absolute atomic E-state index is 0.0990. The van der Waals surface area contributed by atoms with E-state index < -0.39 is 6.43 Å². The molecule has 0 saturated heterocycles. The van der Waals surface area contributed by atoms with Gasteiger partial charge < -0.3 is 0 Å². The third-order valence-corrected chi connectivity index (χ3v) is 2.24. The molecule has 1 heterocycles. The first kappa shape index (κ1) is 9.58. The van der Waals surface area contributed by atoms with Gasteiger partial charge in [-0.1, -0.05) is 15.9 Å². The van der Waals surface area contributed by atoms with Crippen LogP contribution in [0.25, 0.3) is 0 Å². The molecule has 0 aliphatic carbocycles. The highest BCUT2D eigenvalue weighted by Gasteiger charge is 2.14. The highest BCUT2D eigenvalue weighted by molar-refractivity contribution is 9.08. The second-order valence-corrected chi connectivity index (χ2v) is 3.02. The smallest absolute Gasteiger partial charge is 0.264 e. The molecule has 1 aromatic heterocycles. The molecular weight excluding hydrogens is 228 g/mol. The van der Waals surface area contributed by atoms with Gasteiger partial charge in [0.05, 0.1) is 0 Å². The molecule has 0 unspecified atom stereocenters. The Labute approximate surface area is 77.9 Å². The van der Waals surface area contributed by atoms with Crippen molar-refractivity contribution < 1.29 is 8.78 Å². The lowest BCUT2D eigenvalue weighted by Crippen LogP contribution is -1.96. The third-order valence-electron chi connectivity index (χ3n) is 1.63.